The third-order valence-electron chi connectivity index (χ3n) is 13.0. The highest BCUT2D eigenvalue weighted by Gasteiger charge is 2.63. The smallest absolute Gasteiger partial charge is 0.224 e. The summed E-state index contributed by atoms with van der Waals surface area (Å²) in [6.45, 7) is 7.05. The Hall–Kier alpha value is -2.42. The first kappa shape index (κ1) is 31.6. The molecule has 10 atom stereocenters. The van der Waals surface area contributed by atoms with Gasteiger partial charge >= 0.3 is 0 Å². The number of nitrogens with two attached hydrogens (primary N) is 1. The number of carbonyl (C=O) groups excluding carboxylic acids is 1. The topological polar surface area (TPSA) is 130 Å². The van der Waals surface area contributed by atoms with Crippen LogP contribution in [0.1, 0.15) is 85.0 Å². The number of amides is 1. The lowest BCUT2D eigenvalue weighted by atomic mass is 9.43. The van der Waals surface area contributed by atoms with Gasteiger partial charge in [0.25, 0.3) is 0 Å². The van der Waals surface area contributed by atoms with E-state index < -0.39 is 9.84 Å². The van der Waals surface area contributed by atoms with Crippen molar-refractivity contribution in [1.82, 2.24) is 0 Å². The van der Waals surface area contributed by atoms with Crippen molar-refractivity contribution >= 4 is 27.1 Å². The number of hydrogen-bond acceptors (Lipinski definition) is 6. The van der Waals surface area contributed by atoms with Crippen LogP contribution in [0.5, 0.6) is 0 Å². The average molecular weight is 623 g/mol. The standard InChI is InChI=1S/C36H50N2O5S/c1-22(4-17-34(41)38-25-8-12-28(13-9-25)44(42,43)27-10-6-24(37)7-11-27)30-15-16-31-29-14-5-23-20-26(39)18-19-35(23,2)32(29)21-33(40)36(30,31)3/h6-13,22-23,26,29-33,39-40H,4-5,14-21,37H2,1-3H3,(H,38,41)/t22-,23-,26-,29+,30-,31+,32+,33+,35+,36-/m1/s1. The molecule has 4 aliphatic carbocycles. The maximum Gasteiger partial charge on any atom is 0.224 e. The third kappa shape index (κ3) is 5.39. The lowest BCUT2D eigenvalue weighted by Gasteiger charge is -2.62. The minimum Gasteiger partial charge on any atom is -0.399 e. The van der Waals surface area contributed by atoms with E-state index >= 15 is 0 Å². The second-order valence-corrected chi connectivity index (χ2v) is 17.0. The first-order chi connectivity index (χ1) is 20.8. The van der Waals surface area contributed by atoms with Crippen LogP contribution < -0.4 is 11.1 Å². The van der Waals surface area contributed by atoms with Gasteiger partial charge in [-0.05, 0) is 153 Å². The molecule has 44 heavy (non-hydrogen) atoms. The molecular formula is C36H50N2O5S. The average Bonchev–Trinajstić information content (AvgIpc) is 3.36. The molecule has 7 nitrogen and oxygen atoms in total. The van der Waals surface area contributed by atoms with E-state index in [0.717, 1.165) is 44.9 Å². The van der Waals surface area contributed by atoms with E-state index in [-0.39, 0.29) is 38.7 Å². The van der Waals surface area contributed by atoms with E-state index in [9.17, 15) is 23.4 Å². The second-order valence-electron chi connectivity index (χ2n) is 15.0. The molecule has 5 N–H and O–H groups in total. The Morgan fingerprint density at radius 3 is 2.27 bits per heavy atom. The molecule has 0 unspecified atom stereocenters. The van der Waals surface area contributed by atoms with Gasteiger partial charge in [-0.3, -0.25) is 4.79 Å². The van der Waals surface area contributed by atoms with Crippen molar-refractivity contribution in [2.45, 2.75) is 107 Å². The molecule has 0 aromatic heterocycles. The first-order valence-corrected chi connectivity index (χ1v) is 18.2. The van der Waals surface area contributed by atoms with Gasteiger partial charge in [0.2, 0.25) is 15.7 Å². The van der Waals surface area contributed by atoms with Gasteiger partial charge in [0, 0.05) is 17.8 Å². The Morgan fingerprint density at radius 2 is 1.59 bits per heavy atom. The number of nitrogens with one attached hydrogen (secondary N) is 1. The fraction of sp³-hybridized carbons (Fsp3) is 0.639. The molecular weight excluding hydrogens is 572 g/mol. The Bertz CT molecular complexity index is 1460. The number of aliphatic hydroxyl groups excluding tert-OH is 2. The largest absolute Gasteiger partial charge is 0.399 e. The first-order valence-electron chi connectivity index (χ1n) is 16.7. The Labute approximate surface area is 262 Å². The zero-order chi connectivity index (χ0) is 31.4. The van der Waals surface area contributed by atoms with Gasteiger partial charge < -0.3 is 21.3 Å². The summed E-state index contributed by atoms with van der Waals surface area (Å²) in [6.07, 6.45) is 9.08. The van der Waals surface area contributed by atoms with E-state index in [1.807, 2.05) is 0 Å². The third-order valence-corrected chi connectivity index (χ3v) is 14.8. The summed E-state index contributed by atoms with van der Waals surface area (Å²) in [7, 11) is -3.67. The minimum atomic E-state index is -3.67. The van der Waals surface area contributed by atoms with Crippen LogP contribution in [0.3, 0.4) is 0 Å². The lowest BCUT2D eigenvalue weighted by molar-refractivity contribution is -0.174. The van der Waals surface area contributed by atoms with Gasteiger partial charge in [0.15, 0.2) is 0 Å². The maximum absolute atomic E-state index is 13.0. The molecule has 2 aromatic rings. The summed E-state index contributed by atoms with van der Waals surface area (Å²) in [6, 6.07) is 12.4. The van der Waals surface area contributed by atoms with Crippen LogP contribution >= 0.6 is 0 Å². The van der Waals surface area contributed by atoms with Crippen molar-refractivity contribution in [1.29, 1.82) is 0 Å². The summed E-state index contributed by atoms with van der Waals surface area (Å²) in [5.41, 5.74) is 6.86. The maximum atomic E-state index is 13.0. The summed E-state index contributed by atoms with van der Waals surface area (Å²) in [5.74, 6) is 2.88. The molecule has 0 spiro atoms. The molecule has 4 saturated carbocycles. The number of benzene rings is 2. The van der Waals surface area contributed by atoms with Crippen LogP contribution in [-0.2, 0) is 14.6 Å². The normalized spacial score (nSPS) is 37.3. The molecule has 240 valence electrons. The zero-order valence-electron chi connectivity index (χ0n) is 26.4. The molecule has 4 fully saturated rings. The van der Waals surface area contributed by atoms with Crippen LogP contribution in [0.2, 0.25) is 0 Å². The Morgan fingerprint density at radius 1 is 0.932 bits per heavy atom. The Balaban J connectivity index is 1.06. The molecule has 0 radical (unpaired) electrons. The molecule has 1 amide bonds. The highest BCUT2D eigenvalue weighted by Crippen LogP contribution is 2.68. The lowest BCUT2D eigenvalue weighted by Crippen LogP contribution is -2.58. The monoisotopic (exact) mass is 622 g/mol. The van der Waals surface area contributed by atoms with E-state index in [0.29, 0.717) is 53.3 Å². The predicted molar refractivity (Wildman–Crippen MR) is 172 cm³/mol. The highest BCUT2D eigenvalue weighted by molar-refractivity contribution is 7.91. The molecule has 2 aromatic carbocycles. The van der Waals surface area contributed by atoms with Gasteiger partial charge in [-0.15, -0.1) is 0 Å². The SMILES string of the molecule is C[C@H](CCC(=O)Nc1ccc(S(=O)(=O)c2ccc(N)cc2)cc1)[C@H]1CC[C@H]2[C@@H]3CC[C@@H]4C[C@H](O)CC[C@]4(C)[C@H]3C[C@H](O)[C@]12C. The molecule has 8 heteroatoms. The molecule has 0 heterocycles. The summed E-state index contributed by atoms with van der Waals surface area (Å²) >= 11 is 0. The van der Waals surface area contributed by atoms with Crippen molar-refractivity contribution in [3.63, 3.8) is 0 Å². The number of fused-ring (bicyclic) bond motifs is 5. The van der Waals surface area contributed by atoms with Crippen LogP contribution in [0.4, 0.5) is 11.4 Å². The van der Waals surface area contributed by atoms with Crippen molar-refractivity contribution in [2.75, 3.05) is 11.1 Å². The highest BCUT2D eigenvalue weighted by atomic mass is 32.2. The summed E-state index contributed by atoms with van der Waals surface area (Å²) < 4.78 is 25.9. The van der Waals surface area contributed by atoms with Crippen molar-refractivity contribution in [3.05, 3.63) is 48.5 Å². The van der Waals surface area contributed by atoms with Gasteiger partial charge in [-0.25, -0.2) is 8.42 Å². The zero-order valence-corrected chi connectivity index (χ0v) is 27.2. The molecule has 0 bridgehead atoms. The van der Waals surface area contributed by atoms with Crippen LogP contribution in [0.15, 0.2) is 58.3 Å². The number of aliphatic hydroxyl groups is 2. The second kappa shape index (κ2) is 11.7. The number of carbonyl (C=O) groups is 1. The van der Waals surface area contributed by atoms with Crippen LogP contribution in [0, 0.1) is 46.3 Å². The van der Waals surface area contributed by atoms with Gasteiger partial charge in [0.1, 0.15) is 0 Å². The number of nitrogen functional groups attached to an aromatic ring is 1. The van der Waals surface area contributed by atoms with Gasteiger partial charge in [-0.2, -0.15) is 0 Å². The fourth-order valence-corrected chi connectivity index (χ4v) is 11.7. The van der Waals surface area contributed by atoms with Crippen LogP contribution in [-0.4, -0.2) is 36.7 Å². The van der Waals surface area contributed by atoms with E-state index in [1.54, 1.807) is 24.3 Å². The minimum absolute atomic E-state index is 0.0827. The molecule has 0 aliphatic heterocycles. The molecule has 0 saturated heterocycles. The van der Waals surface area contributed by atoms with Gasteiger partial charge in [0.05, 0.1) is 22.0 Å². The predicted octanol–water partition coefficient (Wildman–Crippen LogP) is 6.45. The number of anilines is 2. The quantitative estimate of drug-likeness (QED) is 0.263. The Kier molecular flexibility index (Phi) is 8.42. The van der Waals surface area contributed by atoms with E-state index in [4.69, 9.17) is 5.73 Å². The van der Waals surface area contributed by atoms with Crippen molar-refractivity contribution in [3.8, 4) is 0 Å². The van der Waals surface area contributed by atoms with E-state index in [1.165, 1.54) is 37.1 Å². The number of hydrogen-bond donors (Lipinski definition) is 4. The molecule has 6 rings (SSSR count). The van der Waals surface area contributed by atoms with Crippen LogP contribution in [0.25, 0.3) is 0 Å². The summed E-state index contributed by atoms with van der Waals surface area (Å²) in [4.78, 5) is 13.3. The summed E-state index contributed by atoms with van der Waals surface area (Å²) in [5, 5.41) is 25.1. The fourth-order valence-electron chi connectivity index (χ4n) is 10.4. The van der Waals surface area contributed by atoms with Gasteiger partial charge in [-0.1, -0.05) is 20.8 Å². The van der Waals surface area contributed by atoms with E-state index in [2.05, 4.69) is 26.1 Å². The number of rotatable bonds is 7. The molecule has 4 aliphatic rings. The van der Waals surface area contributed by atoms with Crippen molar-refractivity contribution in [2.24, 2.45) is 46.3 Å². The number of sulfone groups is 1. The van der Waals surface area contributed by atoms with Crippen molar-refractivity contribution < 1.29 is 23.4 Å².